The quantitative estimate of drug-likeness (QED) is 0.745. The Hall–Kier alpha value is -2.19. The molecule has 8 nitrogen and oxygen atoms in total. The van der Waals surface area contributed by atoms with E-state index in [2.05, 4.69) is 20.3 Å². The molecular weight excluding hydrogens is 334 g/mol. The summed E-state index contributed by atoms with van der Waals surface area (Å²) >= 11 is 0. The monoisotopic (exact) mass is 351 g/mol. The van der Waals surface area contributed by atoms with Gasteiger partial charge in [0.25, 0.3) is 0 Å². The molecule has 1 saturated carbocycles. The summed E-state index contributed by atoms with van der Waals surface area (Å²) < 4.78 is 15.7. The van der Waals surface area contributed by atoms with Gasteiger partial charge in [-0.1, -0.05) is 23.2 Å². The molecule has 128 valence electrons. The fourth-order valence-electron chi connectivity index (χ4n) is 2.86. The van der Waals surface area contributed by atoms with Crippen LogP contribution in [-0.4, -0.2) is 20.3 Å². The summed E-state index contributed by atoms with van der Waals surface area (Å²) in [5.74, 6) is 2.65. The highest BCUT2D eigenvalue weighted by molar-refractivity contribution is 5.85. The molecule has 1 fully saturated rings. The number of hydrogen-bond donors (Lipinski definition) is 1. The number of halogens is 1. The molecule has 24 heavy (non-hydrogen) atoms. The number of nitrogens with two attached hydrogens (primary N) is 1. The van der Waals surface area contributed by atoms with E-state index in [1.54, 1.807) is 18.4 Å². The van der Waals surface area contributed by atoms with Crippen molar-refractivity contribution >= 4 is 12.4 Å². The summed E-state index contributed by atoms with van der Waals surface area (Å²) in [7, 11) is 0. The molecule has 3 heterocycles. The summed E-state index contributed by atoms with van der Waals surface area (Å²) in [4.78, 5) is 8.70. The summed E-state index contributed by atoms with van der Waals surface area (Å²) in [5.41, 5.74) is 5.89. The zero-order valence-electron chi connectivity index (χ0n) is 13.0. The van der Waals surface area contributed by atoms with Crippen LogP contribution in [0.25, 0.3) is 11.6 Å². The van der Waals surface area contributed by atoms with E-state index in [1.165, 1.54) is 0 Å². The Bertz CT molecular complexity index is 777. The van der Waals surface area contributed by atoms with Crippen LogP contribution < -0.4 is 5.73 Å². The van der Waals surface area contributed by atoms with E-state index in [-0.39, 0.29) is 12.4 Å². The normalized spacial score (nSPS) is 16.2. The van der Waals surface area contributed by atoms with E-state index >= 15 is 0 Å². The van der Waals surface area contributed by atoms with Gasteiger partial charge in [-0.3, -0.25) is 0 Å². The zero-order chi connectivity index (χ0) is 15.7. The summed E-state index contributed by atoms with van der Waals surface area (Å²) in [6.07, 6.45) is 6.65. The first-order chi connectivity index (χ1) is 11.2. The van der Waals surface area contributed by atoms with Crippen LogP contribution in [0.15, 0.2) is 31.9 Å². The lowest BCUT2D eigenvalue weighted by molar-refractivity contribution is 0.339. The molecule has 0 saturated heterocycles. The number of aromatic nitrogens is 4. The van der Waals surface area contributed by atoms with Crippen molar-refractivity contribution in [2.75, 3.05) is 0 Å². The zero-order valence-corrected chi connectivity index (χ0v) is 13.8. The van der Waals surface area contributed by atoms with Gasteiger partial charge in [0, 0.05) is 12.8 Å². The van der Waals surface area contributed by atoms with Crippen LogP contribution in [0.1, 0.15) is 43.3 Å². The molecule has 0 aliphatic heterocycles. The van der Waals surface area contributed by atoms with Crippen LogP contribution in [0.4, 0.5) is 0 Å². The summed E-state index contributed by atoms with van der Waals surface area (Å²) in [6, 6.07) is 3.55. The van der Waals surface area contributed by atoms with Crippen molar-refractivity contribution in [2.24, 2.45) is 5.73 Å². The van der Waals surface area contributed by atoms with Gasteiger partial charge in [0.2, 0.25) is 17.6 Å². The van der Waals surface area contributed by atoms with Crippen molar-refractivity contribution in [1.29, 1.82) is 0 Å². The van der Waals surface area contributed by atoms with E-state index in [0.717, 1.165) is 25.7 Å². The standard InChI is InChI=1S/C15H17N5O3.ClH/c16-15(7-1-2-8-15)14-18-12(23-20-14)6-5-11-17-13(19-22-11)10-4-3-9-21-10;/h3-4,9H,1-2,5-8,16H2;1H. The minimum Gasteiger partial charge on any atom is -0.461 e. The minimum absolute atomic E-state index is 0. The van der Waals surface area contributed by atoms with Gasteiger partial charge in [-0.2, -0.15) is 9.97 Å². The number of aryl methyl sites for hydroxylation is 2. The number of hydrogen-bond acceptors (Lipinski definition) is 8. The second-order valence-corrected chi connectivity index (χ2v) is 5.86. The highest BCUT2D eigenvalue weighted by Crippen LogP contribution is 2.34. The Morgan fingerprint density at radius 3 is 2.46 bits per heavy atom. The average molecular weight is 352 g/mol. The van der Waals surface area contributed by atoms with Gasteiger partial charge in [-0.15, -0.1) is 12.4 Å². The Morgan fingerprint density at radius 2 is 1.75 bits per heavy atom. The van der Waals surface area contributed by atoms with E-state index in [0.29, 0.717) is 42.0 Å². The lowest BCUT2D eigenvalue weighted by Crippen LogP contribution is -2.34. The van der Waals surface area contributed by atoms with E-state index < -0.39 is 5.54 Å². The molecule has 0 bridgehead atoms. The number of rotatable bonds is 5. The van der Waals surface area contributed by atoms with Crippen molar-refractivity contribution in [3.05, 3.63) is 36.0 Å². The predicted molar refractivity (Wildman–Crippen MR) is 85.3 cm³/mol. The molecule has 0 spiro atoms. The summed E-state index contributed by atoms with van der Waals surface area (Å²) in [6.45, 7) is 0. The molecule has 3 aromatic rings. The number of nitrogens with zero attached hydrogens (tertiary/aromatic N) is 4. The Balaban J connectivity index is 0.00000169. The second kappa shape index (κ2) is 6.74. The Morgan fingerprint density at radius 1 is 1.04 bits per heavy atom. The maximum absolute atomic E-state index is 6.32. The Labute approximate surface area is 144 Å². The van der Waals surface area contributed by atoms with Crippen molar-refractivity contribution in [3.63, 3.8) is 0 Å². The second-order valence-electron chi connectivity index (χ2n) is 5.86. The SMILES string of the molecule is Cl.NC1(c2noc(CCc3nc(-c4ccco4)no3)n2)CCCC1. The molecule has 0 atom stereocenters. The fourth-order valence-corrected chi connectivity index (χ4v) is 2.86. The fraction of sp³-hybridized carbons (Fsp3) is 0.467. The van der Waals surface area contributed by atoms with E-state index in [9.17, 15) is 0 Å². The van der Waals surface area contributed by atoms with E-state index in [1.807, 2.05) is 0 Å². The third-order valence-electron chi connectivity index (χ3n) is 4.17. The van der Waals surface area contributed by atoms with E-state index in [4.69, 9.17) is 19.2 Å². The van der Waals surface area contributed by atoms with Crippen LogP contribution >= 0.6 is 12.4 Å². The third kappa shape index (κ3) is 3.20. The lowest BCUT2D eigenvalue weighted by atomic mass is 9.99. The van der Waals surface area contributed by atoms with Gasteiger partial charge in [0.05, 0.1) is 11.8 Å². The molecular formula is C15H18ClN5O3. The Kier molecular flexibility index (Phi) is 4.68. The van der Waals surface area contributed by atoms with Gasteiger partial charge < -0.3 is 19.2 Å². The van der Waals surface area contributed by atoms with Gasteiger partial charge in [0.15, 0.2) is 11.6 Å². The lowest BCUT2D eigenvalue weighted by Gasteiger charge is -2.17. The summed E-state index contributed by atoms with van der Waals surface area (Å²) in [5, 5.41) is 7.92. The van der Waals surface area contributed by atoms with Crippen molar-refractivity contribution < 1.29 is 13.5 Å². The maximum Gasteiger partial charge on any atom is 0.238 e. The molecule has 1 aliphatic carbocycles. The van der Waals surface area contributed by atoms with Crippen molar-refractivity contribution in [2.45, 2.75) is 44.1 Å². The van der Waals surface area contributed by atoms with Crippen molar-refractivity contribution in [1.82, 2.24) is 20.3 Å². The molecule has 0 amide bonds. The van der Waals surface area contributed by atoms with Gasteiger partial charge >= 0.3 is 0 Å². The molecule has 0 aromatic carbocycles. The molecule has 3 aromatic heterocycles. The molecule has 9 heteroatoms. The van der Waals surface area contributed by atoms with Crippen LogP contribution in [-0.2, 0) is 18.4 Å². The smallest absolute Gasteiger partial charge is 0.238 e. The molecule has 0 unspecified atom stereocenters. The maximum atomic E-state index is 6.32. The van der Waals surface area contributed by atoms with Crippen molar-refractivity contribution in [3.8, 4) is 11.6 Å². The first-order valence-corrected chi connectivity index (χ1v) is 7.71. The third-order valence-corrected chi connectivity index (χ3v) is 4.17. The van der Waals surface area contributed by atoms with Crippen LogP contribution in [0.5, 0.6) is 0 Å². The highest BCUT2D eigenvalue weighted by atomic mass is 35.5. The van der Waals surface area contributed by atoms with Gasteiger partial charge in [-0.25, -0.2) is 0 Å². The first kappa shape index (κ1) is 16.7. The molecule has 1 aliphatic rings. The van der Waals surface area contributed by atoms with Crippen LogP contribution in [0.2, 0.25) is 0 Å². The minimum atomic E-state index is -0.432. The highest BCUT2D eigenvalue weighted by Gasteiger charge is 2.35. The molecule has 4 rings (SSSR count). The molecule has 2 N–H and O–H groups in total. The molecule has 0 radical (unpaired) electrons. The first-order valence-electron chi connectivity index (χ1n) is 7.71. The van der Waals surface area contributed by atoms with Gasteiger partial charge in [-0.05, 0) is 25.0 Å². The average Bonchev–Trinajstić information content (AvgIpc) is 3.31. The van der Waals surface area contributed by atoms with Gasteiger partial charge in [0.1, 0.15) is 0 Å². The van der Waals surface area contributed by atoms with Crippen LogP contribution in [0, 0.1) is 0 Å². The largest absolute Gasteiger partial charge is 0.461 e. The predicted octanol–water partition coefficient (Wildman–Crippen LogP) is 2.65. The van der Waals surface area contributed by atoms with Crippen LogP contribution in [0.3, 0.4) is 0 Å². The number of furan rings is 1. The topological polar surface area (TPSA) is 117 Å².